The Morgan fingerprint density at radius 3 is 2.71 bits per heavy atom. The van der Waals surface area contributed by atoms with Gasteiger partial charge in [-0.1, -0.05) is 18.5 Å². The van der Waals surface area contributed by atoms with Crippen LogP contribution in [0.15, 0.2) is 12.1 Å². The molecule has 2 radical (unpaired) electrons. The number of anilines is 1. The van der Waals surface area contributed by atoms with Crippen molar-refractivity contribution in [2.45, 2.75) is 26.1 Å². The van der Waals surface area contributed by atoms with Gasteiger partial charge in [0, 0.05) is 12.3 Å². The van der Waals surface area contributed by atoms with Crippen molar-refractivity contribution in [3.05, 3.63) is 28.8 Å². The Bertz CT molecular complexity index is 312. The molecule has 1 aromatic rings. The number of aliphatic hydroxyl groups excluding tert-OH is 1. The number of hydrogen-bond acceptors (Lipinski definition) is 2. The van der Waals surface area contributed by atoms with E-state index < -0.39 is 0 Å². The molecule has 2 nitrogen and oxygen atoms in total. The van der Waals surface area contributed by atoms with Gasteiger partial charge in [0.1, 0.15) is 0 Å². The molecule has 3 heteroatoms. The van der Waals surface area contributed by atoms with Gasteiger partial charge in [0.2, 0.25) is 0 Å². The third-order valence-electron chi connectivity index (χ3n) is 2.49. The summed E-state index contributed by atoms with van der Waals surface area (Å²) in [5.41, 5.74) is 10.0. The molecule has 0 fully saturated rings. The molecule has 0 aliphatic carbocycles. The van der Waals surface area contributed by atoms with E-state index >= 15 is 0 Å². The molecule has 0 heterocycles. The largest absolute Gasteiger partial charge is 0.398 e. The van der Waals surface area contributed by atoms with Crippen LogP contribution in [0.1, 0.15) is 23.1 Å². The lowest BCUT2D eigenvalue weighted by Crippen LogP contribution is -2.03. The van der Waals surface area contributed by atoms with Gasteiger partial charge >= 0.3 is 0 Å². The molecule has 0 aromatic heterocycles. The second kappa shape index (κ2) is 5.06. The summed E-state index contributed by atoms with van der Waals surface area (Å²) in [7, 11) is 5.62. The number of aliphatic hydroxyl groups is 1. The van der Waals surface area contributed by atoms with E-state index in [0.29, 0.717) is 6.32 Å². The van der Waals surface area contributed by atoms with Gasteiger partial charge in [0.25, 0.3) is 0 Å². The maximum Gasteiger partial charge on any atom is 0.0717 e. The van der Waals surface area contributed by atoms with E-state index in [-0.39, 0.29) is 6.61 Å². The summed E-state index contributed by atoms with van der Waals surface area (Å²) in [6, 6.07) is 4.05. The van der Waals surface area contributed by atoms with Gasteiger partial charge in [-0.25, -0.2) is 0 Å². The molecule has 0 bridgehead atoms. The van der Waals surface area contributed by atoms with Gasteiger partial charge < -0.3 is 10.8 Å². The topological polar surface area (TPSA) is 46.2 Å². The first-order valence-electron chi connectivity index (χ1n) is 4.88. The third kappa shape index (κ3) is 2.29. The van der Waals surface area contributed by atoms with Crippen molar-refractivity contribution in [2.75, 3.05) is 12.3 Å². The van der Waals surface area contributed by atoms with Crippen LogP contribution in [-0.2, 0) is 12.7 Å². The van der Waals surface area contributed by atoms with Crippen LogP contribution in [0.25, 0.3) is 0 Å². The summed E-state index contributed by atoms with van der Waals surface area (Å²) in [4.78, 5) is 0. The van der Waals surface area contributed by atoms with E-state index in [9.17, 15) is 0 Å². The van der Waals surface area contributed by atoms with Crippen LogP contribution in [-0.4, -0.2) is 19.6 Å². The van der Waals surface area contributed by atoms with Crippen LogP contribution >= 0.6 is 0 Å². The van der Waals surface area contributed by atoms with Gasteiger partial charge in [-0.15, -0.1) is 0 Å². The summed E-state index contributed by atoms with van der Waals surface area (Å²) >= 11 is 0. The summed E-state index contributed by atoms with van der Waals surface area (Å²) in [6.45, 7) is 2.21. The molecule has 3 N–H and O–H groups in total. The van der Waals surface area contributed by atoms with Crippen LogP contribution in [0.3, 0.4) is 0 Å². The van der Waals surface area contributed by atoms with Crippen molar-refractivity contribution >= 4 is 13.5 Å². The Hall–Kier alpha value is -0.955. The highest BCUT2D eigenvalue weighted by Crippen LogP contribution is 2.22. The standard InChI is InChI=1S/C11H16BNO/c1-8-4-5-9(3-2-6-14)11(13)10(8)7-12/h4-5,14H,2-3,6-7,13H2,1H3. The molecule has 1 rings (SSSR count). The maximum absolute atomic E-state index is 8.73. The molecule has 0 atom stereocenters. The van der Waals surface area contributed by atoms with Crippen molar-refractivity contribution in [3.8, 4) is 0 Å². The smallest absolute Gasteiger partial charge is 0.0717 e. The zero-order valence-electron chi connectivity index (χ0n) is 8.59. The third-order valence-corrected chi connectivity index (χ3v) is 2.49. The van der Waals surface area contributed by atoms with Gasteiger partial charge in [0.15, 0.2) is 0 Å². The van der Waals surface area contributed by atoms with Crippen LogP contribution in [0.4, 0.5) is 5.69 Å². The minimum absolute atomic E-state index is 0.200. The van der Waals surface area contributed by atoms with E-state index in [1.165, 1.54) is 0 Å². The fourth-order valence-electron chi connectivity index (χ4n) is 1.58. The molecule has 0 saturated heterocycles. The second-order valence-electron chi connectivity index (χ2n) is 3.47. The molecule has 0 aliphatic heterocycles. The average Bonchev–Trinajstić information content (AvgIpc) is 2.18. The van der Waals surface area contributed by atoms with Crippen molar-refractivity contribution in [1.82, 2.24) is 0 Å². The Kier molecular flexibility index (Phi) is 4.02. The molecule has 0 spiro atoms. The van der Waals surface area contributed by atoms with Crippen molar-refractivity contribution in [3.63, 3.8) is 0 Å². The lowest BCUT2D eigenvalue weighted by molar-refractivity contribution is 0.288. The Morgan fingerprint density at radius 1 is 1.43 bits per heavy atom. The van der Waals surface area contributed by atoms with Crippen molar-refractivity contribution < 1.29 is 5.11 Å². The Balaban J connectivity index is 2.96. The van der Waals surface area contributed by atoms with Gasteiger partial charge in [-0.3, -0.25) is 0 Å². The molecular weight excluding hydrogens is 173 g/mol. The van der Waals surface area contributed by atoms with Gasteiger partial charge in [-0.05, 0) is 36.5 Å². The number of aryl methyl sites for hydroxylation is 2. The quantitative estimate of drug-likeness (QED) is 0.551. The molecule has 14 heavy (non-hydrogen) atoms. The molecule has 0 saturated carbocycles. The molecule has 0 amide bonds. The molecule has 1 aromatic carbocycles. The average molecular weight is 189 g/mol. The lowest BCUT2D eigenvalue weighted by atomic mass is 9.89. The Morgan fingerprint density at radius 2 is 2.14 bits per heavy atom. The molecule has 0 aliphatic rings. The number of nitrogens with two attached hydrogens (primary N) is 1. The summed E-state index contributed by atoms with van der Waals surface area (Å²) < 4.78 is 0. The minimum atomic E-state index is 0.200. The minimum Gasteiger partial charge on any atom is -0.398 e. The van der Waals surface area contributed by atoms with E-state index in [1.807, 2.05) is 19.1 Å². The summed E-state index contributed by atoms with van der Waals surface area (Å²) in [5.74, 6) is 0. The molecule has 74 valence electrons. The zero-order valence-corrected chi connectivity index (χ0v) is 8.59. The molecular formula is C11H16BNO. The fourth-order valence-corrected chi connectivity index (χ4v) is 1.58. The zero-order chi connectivity index (χ0) is 10.6. The number of benzene rings is 1. The number of nitrogen functional groups attached to an aromatic ring is 1. The second-order valence-corrected chi connectivity index (χ2v) is 3.47. The van der Waals surface area contributed by atoms with E-state index in [4.69, 9.17) is 18.7 Å². The molecule has 0 unspecified atom stereocenters. The van der Waals surface area contributed by atoms with Crippen molar-refractivity contribution in [1.29, 1.82) is 0 Å². The van der Waals surface area contributed by atoms with E-state index in [1.54, 1.807) is 0 Å². The van der Waals surface area contributed by atoms with Crippen LogP contribution < -0.4 is 5.73 Å². The lowest BCUT2D eigenvalue weighted by Gasteiger charge is -2.12. The highest BCUT2D eigenvalue weighted by molar-refractivity contribution is 6.09. The fraction of sp³-hybridized carbons (Fsp3) is 0.455. The first-order chi connectivity index (χ1) is 6.70. The summed E-state index contributed by atoms with van der Waals surface area (Å²) in [5, 5.41) is 8.73. The number of hydrogen-bond donors (Lipinski definition) is 2. The van der Waals surface area contributed by atoms with Gasteiger partial charge in [-0.2, -0.15) is 0 Å². The van der Waals surface area contributed by atoms with Gasteiger partial charge in [0.05, 0.1) is 7.85 Å². The monoisotopic (exact) mass is 189 g/mol. The predicted molar refractivity (Wildman–Crippen MR) is 60.5 cm³/mol. The first kappa shape index (κ1) is 11.1. The number of rotatable bonds is 4. The normalized spacial score (nSPS) is 10.4. The van der Waals surface area contributed by atoms with E-state index in [0.717, 1.165) is 35.2 Å². The van der Waals surface area contributed by atoms with Crippen molar-refractivity contribution in [2.24, 2.45) is 0 Å². The van der Waals surface area contributed by atoms with Crippen LogP contribution in [0.5, 0.6) is 0 Å². The highest BCUT2D eigenvalue weighted by atomic mass is 16.2. The Labute approximate surface area is 86.5 Å². The van der Waals surface area contributed by atoms with E-state index in [2.05, 4.69) is 0 Å². The van der Waals surface area contributed by atoms with Crippen LogP contribution in [0, 0.1) is 6.92 Å². The SMILES string of the molecule is [B]Cc1c(C)ccc(CCCO)c1N. The predicted octanol–water partition coefficient (Wildman–Crippen LogP) is 1.17. The summed E-state index contributed by atoms with van der Waals surface area (Å²) in [6.07, 6.45) is 2.04. The first-order valence-corrected chi connectivity index (χ1v) is 4.88. The highest BCUT2D eigenvalue weighted by Gasteiger charge is 2.05. The van der Waals surface area contributed by atoms with Crippen LogP contribution in [0.2, 0.25) is 0 Å². The maximum atomic E-state index is 8.73.